The Morgan fingerprint density at radius 1 is 1.28 bits per heavy atom. The molecule has 0 aromatic heterocycles. The molecule has 2 N–H and O–H groups in total. The lowest BCUT2D eigenvalue weighted by Gasteiger charge is -2.30. The second-order valence-corrected chi connectivity index (χ2v) is 6.75. The number of nitrogens with one attached hydrogen (secondary N) is 1. The Morgan fingerprint density at radius 2 is 1.96 bits per heavy atom. The fourth-order valence-electron chi connectivity index (χ4n) is 3.20. The number of hydrogen-bond donors (Lipinski definition) is 2. The second kappa shape index (κ2) is 8.65. The van der Waals surface area contributed by atoms with E-state index >= 15 is 0 Å². The number of nitrogens with zero attached hydrogens (tertiary/aromatic N) is 1. The van der Waals surface area contributed by atoms with Gasteiger partial charge in [0.25, 0.3) is 0 Å². The zero-order chi connectivity index (χ0) is 18.4. The number of carbonyl (C=O) groups excluding carboxylic acids is 2. The van der Waals surface area contributed by atoms with Gasteiger partial charge in [0.2, 0.25) is 11.8 Å². The van der Waals surface area contributed by atoms with Gasteiger partial charge in [0.05, 0.1) is 5.92 Å². The summed E-state index contributed by atoms with van der Waals surface area (Å²) in [5, 5.41) is 12.2. The van der Waals surface area contributed by atoms with Gasteiger partial charge < -0.3 is 15.3 Å². The zero-order valence-corrected chi connectivity index (χ0v) is 14.8. The maximum atomic E-state index is 12.3. The van der Waals surface area contributed by atoms with Crippen molar-refractivity contribution in [1.29, 1.82) is 0 Å². The van der Waals surface area contributed by atoms with Crippen LogP contribution in [-0.4, -0.2) is 47.4 Å². The summed E-state index contributed by atoms with van der Waals surface area (Å²) >= 11 is 0. The molecule has 1 aromatic carbocycles. The van der Waals surface area contributed by atoms with Crippen LogP contribution in [0.3, 0.4) is 0 Å². The molecule has 2 rings (SSSR count). The molecule has 0 radical (unpaired) electrons. The van der Waals surface area contributed by atoms with Crippen LogP contribution in [-0.2, 0) is 20.8 Å². The van der Waals surface area contributed by atoms with Gasteiger partial charge in [-0.15, -0.1) is 0 Å². The summed E-state index contributed by atoms with van der Waals surface area (Å²) in [5.74, 6) is -1.79. The predicted octanol–water partition coefficient (Wildman–Crippen LogP) is 1.61. The number of carboxylic acids is 1. The molecular formula is C19H26N2O4. The molecule has 1 aliphatic heterocycles. The standard InChI is InChI=1S/C19H26N2O4/c1-13-4-3-5-15(10-13)11-17(19(24)25)12-20-18(23)16-6-8-21(9-7-16)14(2)22/h3-5,10,16-17H,6-9,11-12H2,1-2H3,(H,20,23)(H,24,25). The quantitative estimate of drug-likeness (QED) is 0.819. The molecule has 136 valence electrons. The van der Waals surface area contributed by atoms with E-state index in [0.717, 1.165) is 11.1 Å². The van der Waals surface area contributed by atoms with E-state index in [2.05, 4.69) is 5.32 Å². The minimum atomic E-state index is -0.909. The first kappa shape index (κ1) is 19.0. The number of piperidine rings is 1. The SMILES string of the molecule is CC(=O)N1CCC(C(=O)NCC(Cc2cccc(C)c2)C(=O)O)CC1. The third-order valence-corrected chi connectivity index (χ3v) is 4.75. The molecule has 25 heavy (non-hydrogen) atoms. The molecule has 1 aliphatic rings. The first-order valence-electron chi connectivity index (χ1n) is 8.68. The molecule has 1 aromatic rings. The molecule has 1 atom stereocenters. The molecule has 6 nitrogen and oxygen atoms in total. The van der Waals surface area contributed by atoms with Crippen molar-refractivity contribution in [2.45, 2.75) is 33.1 Å². The molecule has 1 fully saturated rings. The topological polar surface area (TPSA) is 86.7 Å². The van der Waals surface area contributed by atoms with Crippen molar-refractivity contribution in [3.63, 3.8) is 0 Å². The summed E-state index contributed by atoms with van der Waals surface area (Å²) in [4.78, 5) is 36.9. The van der Waals surface area contributed by atoms with Crippen LogP contribution in [0.5, 0.6) is 0 Å². The minimum absolute atomic E-state index is 0.0305. The summed E-state index contributed by atoms with van der Waals surface area (Å²) < 4.78 is 0. The van der Waals surface area contributed by atoms with Crippen molar-refractivity contribution in [3.8, 4) is 0 Å². The number of carboxylic acid groups (broad SMARTS) is 1. The molecule has 0 bridgehead atoms. The molecule has 0 spiro atoms. The summed E-state index contributed by atoms with van der Waals surface area (Å²) in [5.41, 5.74) is 2.04. The van der Waals surface area contributed by atoms with Crippen LogP contribution in [0.2, 0.25) is 0 Å². The number of amides is 2. The van der Waals surface area contributed by atoms with Crippen LogP contribution in [0.1, 0.15) is 30.9 Å². The Kier molecular flexibility index (Phi) is 6.56. The summed E-state index contributed by atoms with van der Waals surface area (Å²) in [6.07, 6.45) is 1.64. The highest BCUT2D eigenvalue weighted by molar-refractivity contribution is 5.80. The van der Waals surface area contributed by atoms with Gasteiger partial charge in [0.1, 0.15) is 0 Å². The van der Waals surface area contributed by atoms with Gasteiger partial charge in [0, 0.05) is 32.5 Å². The average Bonchev–Trinajstić information content (AvgIpc) is 2.58. The molecule has 1 saturated heterocycles. The van der Waals surface area contributed by atoms with E-state index in [1.165, 1.54) is 6.92 Å². The van der Waals surface area contributed by atoms with Gasteiger partial charge in [0.15, 0.2) is 0 Å². The van der Waals surface area contributed by atoms with Crippen molar-refractivity contribution in [2.75, 3.05) is 19.6 Å². The van der Waals surface area contributed by atoms with Crippen molar-refractivity contribution in [3.05, 3.63) is 35.4 Å². The molecule has 2 amide bonds. The fraction of sp³-hybridized carbons (Fsp3) is 0.526. The van der Waals surface area contributed by atoms with E-state index in [0.29, 0.717) is 32.4 Å². The second-order valence-electron chi connectivity index (χ2n) is 6.75. The highest BCUT2D eigenvalue weighted by Crippen LogP contribution is 2.18. The zero-order valence-electron chi connectivity index (χ0n) is 14.8. The van der Waals surface area contributed by atoms with Gasteiger partial charge in [-0.05, 0) is 31.7 Å². The first-order chi connectivity index (χ1) is 11.9. The summed E-state index contributed by atoms with van der Waals surface area (Å²) in [6, 6.07) is 7.75. The monoisotopic (exact) mass is 346 g/mol. The van der Waals surface area contributed by atoms with Gasteiger partial charge in [-0.3, -0.25) is 14.4 Å². The van der Waals surface area contributed by atoms with E-state index in [4.69, 9.17) is 0 Å². The lowest BCUT2D eigenvalue weighted by atomic mass is 9.94. The Hall–Kier alpha value is -2.37. The van der Waals surface area contributed by atoms with Crippen molar-refractivity contribution in [1.82, 2.24) is 10.2 Å². The number of aryl methyl sites for hydroxylation is 1. The molecule has 0 saturated carbocycles. The number of carbonyl (C=O) groups is 3. The first-order valence-corrected chi connectivity index (χ1v) is 8.68. The van der Waals surface area contributed by atoms with Crippen LogP contribution in [0.25, 0.3) is 0 Å². The van der Waals surface area contributed by atoms with Crippen LogP contribution in [0, 0.1) is 18.8 Å². The van der Waals surface area contributed by atoms with Gasteiger partial charge in [-0.1, -0.05) is 29.8 Å². The number of likely N-dealkylation sites (tertiary alicyclic amines) is 1. The lowest BCUT2D eigenvalue weighted by Crippen LogP contribution is -2.43. The maximum absolute atomic E-state index is 12.3. The maximum Gasteiger partial charge on any atom is 0.308 e. The molecule has 0 aliphatic carbocycles. The summed E-state index contributed by atoms with van der Waals surface area (Å²) in [7, 11) is 0. The van der Waals surface area contributed by atoms with E-state index in [-0.39, 0.29) is 24.3 Å². The van der Waals surface area contributed by atoms with Crippen LogP contribution in [0.4, 0.5) is 0 Å². The predicted molar refractivity (Wildman–Crippen MR) is 94.0 cm³/mol. The van der Waals surface area contributed by atoms with Crippen molar-refractivity contribution < 1.29 is 19.5 Å². The lowest BCUT2D eigenvalue weighted by molar-refractivity contribution is -0.142. The number of aliphatic carboxylic acids is 1. The Bertz CT molecular complexity index is 636. The normalized spacial score (nSPS) is 16.3. The summed E-state index contributed by atoms with van der Waals surface area (Å²) in [6.45, 7) is 4.78. The van der Waals surface area contributed by atoms with Crippen LogP contribution in [0.15, 0.2) is 24.3 Å². The largest absolute Gasteiger partial charge is 0.481 e. The Labute approximate surface area is 148 Å². The number of benzene rings is 1. The van der Waals surface area contributed by atoms with Crippen molar-refractivity contribution in [2.24, 2.45) is 11.8 Å². The van der Waals surface area contributed by atoms with E-state index in [9.17, 15) is 19.5 Å². The third-order valence-electron chi connectivity index (χ3n) is 4.75. The molecule has 1 heterocycles. The highest BCUT2D eigenvalue weighted by atomic mass is 16.4. The molecular weight excluding hydrogens is 320 g/mol. The van der Waals surface area contributed by atoms with Gasteiger partial charge >= 0.3 is 5.97 Å². The van der Waals surface area contributed by atoms with Crippen LogP contribution < -0.4 is 5.32 Å². The average molecular weight is 346 g/mol. The fourth-order valence-corrected chi connectivity index (χ4v) is 3.20. The Balaban J connectivity index is 1.85. The molecule has 1 unspecified atom stereocenters. The molecule has 6 heteroatoms. The van der Waals surface area contributed by atoms with Gasteiger partial charge in [-0.25, -0.2) is 0 Å². The van der Waals surface area contributed by atoms with Crippen molar-refractivity contribution >= 4 is 17.8 Å². The number of rotatable bonds is 6. The number of hydrogen-bond acceptors (Lipinski definition) is 3. The third kappa shape index (κ3) is 5.59. The van der Waals surface area contributed by atoms with E-state index in [1.807, 2.05) is 31.2 Å². The van der Waals surface area contributed by atoms with Crippen LogP contribution >= 0.6 is 0 Å². The highest BCUT2D eigenvalue weighted by Gasteiger charge is 2.27. The van der Waals surface area contributed by atoms with E-state index < -0.39 is 11.9 Å². The minimum Gasteiger partial charge on any atom is -0.481 e. The van der Waals surface area contributed by atoms with Gasteiger partial charge in [-0.2, -0.15) is 0 Å². The smallest absolute Gasteiger partial charge is 0.308 e. The van der Waals surface area contributed by atoms with E-state index in [1.54, 1.807) is 4.90 Å². The Morgan fingerprint density at radius 3 is 2.52 bits per heavy atom.